The number of anilines is 1. The van der Waals surface area contributed by atoms with Crippen molar-refractivity contribution in [3.63, 3.8) is 0 Å². The molecule has 1 aromatic carbocycles. The van der Waals surface area contributed by atoms with E-state index in [1.54, 1.807) is 0 Å². The summed E-state index contributed by atoms with van der Waals surface area (Å²) < 4.78 is 51.9. The second-order valence-corrected chi connectivity index (χ2v) is 7.25. The average Bonchev–Trinajstić information content (AvgIpc) is 2.68. The summed E-state index contributed by atoms with van der Waals surface area (Å²) in [5.74, 6) is -5.23. The van der Waals surface area contributed by atoms with Gasteiger partial charge in [0.1, 0.15) is 5.82 Å². The quantitative estimate of drug-likeness (QED) is 0.163. The first kappa shape index (κ1) is 27.7. The van der Waals surface area contributed by atoms with Gasteiger partial charge in [0.2, 0.25) is 5.71 Å². The lowest BCUT2D eigenvalue weighted by Gasteiger charge is -2.19. The van der Waals surface area contributed by atoms with Crippen LogP contribution in [0.2, 0.25) is 0 Å². The van der Waals surface area contributed by atoms with E-state index in [1.165, 1.54) is 20.8 Å². The largest absolute Gasteiger partial charge is 0.465 e. The molecule has 0 saturated heterocycles. The lowest BCUT2D eigenvalue weighted by Crippen LogP contribution is -2.49. The maximum absolute atomic E-state index is 14.3. The first-order chi connectivity index (χ1) is 15.2. The first-order valence-corrected chi connectivity index (χ1v) is 10.1. The van der Waals surface area contributed by atoms with Gasteiger partial charge in [-0.15, -0.1) is 11.8 Å². The third-order valence-electron chi connectivity index (χ3n) is 3.93. The molecule has 0 radical (unpaired) electrons. The van der Waals surface area contributed by atoms with E-state index in [9.17, 15) is 36.7 Å². The number of hydrogen-bond acceptors (Lipinski definition) is 7. The maximum Gasteiger partial charge on any atom is 0.414 e. The van der Waals surface area contributed by atoms with Gasteiger partial charge in [0.25, 0.3) is 11.8 Å². The van der Waals surface area contributed by atoms with Crippen molar-refractivity contribution in [2.75, 3.05) is 24.3 Å². The molecule has 0 spiro atoms. The minimum Gasteiger partial charge on any atom is -0.465 e. The van der Waals surface area contributed by atoms with Gasteiger partial charge in [-0.1, -0.05) is 0 Å². The van der Waals surface area contributed by atoms with Crippen molar-refractivity contribution in [1.29, 1.82) is 0 Å². The number of nitrogens with zero attached hydrogens (tertiary/aromatic N) is 3. The van der Waals surface area contributed by atoms with Crippen LogP contribution in [0.4, 0.5) is 32.8 Å². The van der Waals surface area contributed by atoms with Gasteiger partial charge < -0.3 is 10.2 Å². The van der Waals surface area contributed by atoms with Crippen LogP contribution >= 0.6 is 11.8 Å². The molecular formula is C18H20F4N4O6S. The van der Waals surface area contributed by atoms with Crippen LogP contribution in [0.1, 0.15) is 19.4 Å². The van der Waals surface area contributed by atoms with E-state index in [0.29, 0.717) is 11.8 Å². The van der Waals surface area contributed by atoms with Crippen LogP contribution in [0, 0.1) is 12.7 Å². The molecule has 0 bridgehead atoms. The number of carboxylic acid groups (broad SMARTS) is 2. The fraction of sp³-hybridized carbons (Fsp3) is 0.389. The summed E-state index contributed by atoms with van der Waals surface area (Å²) in [6.45, 7) is 3.05. The molecule has 3 N–H and O–H groups in total. The monoisotopic (exact) mass is 496 g/mol. The summed E-state index contributed by atoms with van der Waals surface area (Å²) in [5.41, 5.74) is 0.474. The molecule has 4 amide bonds. The number of benzene rings is 1. The van der Waals surface area contributed by atoms with Gasteiger partial charge in [-0.3, -0.25) is 15.0 Å². The lowest BCUT2D eigenvalue weighted by atomic mass is 10.2. The zero-order valence-corrected chi connectivity index (χ0v) is 18.4. The number of carbonyl (C=O) groups is 4. The highest BCUT2D eigenvalue weighted by atomic mass is 32.2. The average molecular weight is 496 g/mol. The smallest absolute Gasteiger partial charge is 0.414 e. The molecule has 0 aliphatic heterocycles. The van der Waals surface area contributed by atoms with E-state index in [0.717, 1.165) is 12.1 Å². The normalized spacial score (nSPS) is 10.9. The van der Waals surface area contributed by atoms with Gasteiger partial charge in [-0.25, -0.2) is 23.8 Å². The number of halogens is 4. The van der Waals surface area contributed by atoms with E-state index in [4.69, 9.17) is 10.2 Å². The van der Waals surface area contributed by atoms with E-state index < -0.39 is 66.2 Å². The summed E-state index contributed by atoms with van der Waals surface area (Å²) in [4.78, 5) is 48.0. The van der Waals surface area contributed by atoms with Crippen LogP contribution in [0.5, 0.6) is 0 Å². The van der Waals surface area contributed by atoms with Crippen LogP contribution in [0.25, 0.3) is 0 Å². The molecule has 1 aromatic rings. The molecular weight excluding hydrogens is 476 g/mol. The zero-order valence-electron chi connectivity index (χ0n) is 17.6. The van der Waals surface area contributed by atoms with Crippen LogP contribution in [-0.4, -0.2) is 74.7 Å². The molecule has 0 unspecified atom stereocenters. The van der Waals surface area contributed by atoms with Crippen molar-refractivity contribution in [2.45, 2.75) is 31.8 Å². The number of aryl methyl sites for hydroxylation is 1. The number of hydrazone groups is 1. The van der Waals surface area contributed by atoms with Gasteiger partial charge in [0, 0.05) is 18.0 Å². The second-order valence-electron chi connectivity index (χ2n) is 6.24. The van der Waals surface area contributed by atoms with E-state index in [2.05, 4.69) is 5.10 Å². The molecule has 0 aliphatic rings. The minimum absolute atomic E-state index is 0.0204. The minimum atomic E-state index is -4.50. The summed E-state index contributed by atoms with van der Waals surface area (Å²) >= 11 is 0.363. The molecule has 33 heavy (non-hydrogen) atoms. The fourth-order valence-corrected chi connectivity index (χ4v) is 3.15. The number of hydrogen-bond donors (Lipinski definition) is 3. The van der Waals surface area contributed by atoms with Gasteiger partial charge in [0.15, 0.2) is 0 Å². The molecule has 0 aromatic heterocycles. The molecule has 182 valence electrons. The molecule has 0 aliphatic carbocycles. The number of imide groups is 2. The van der Waals surface area contributed by atoms with E-state index >= 15 is 0 Å². The Morgan fingerprint density at radius 2 is 1.52 bits per heavy atom. The van der Waals surface area contributed by atoms with Crippen molar-refractivity contribution in [3.8, 4) is 0 Å². The van der Waals surface area contributed by atoms with Crippen molar-refractivity contribution in [1.82, 2.24) is 9.80 Å². The van der Waals surface area contributed by atoms with Crippen molar-refractivity contribution < 1.29 is 47.0 Å². The van der Waals surface area contributed by atoms with Gasteiger partial charge in [-0.05, 0) is 38.5 Å². The van der Waals surface area contributed by atoms with Crippen LogP contribution in [0.3, 0.4) is 0 Å². The highest BCUT2D eigenvalue weighted by Crippen LogP contribution is 2.32. The Balaban J connectivity index is 3.43. The standard InChI is InChI=1S/C18H20F4N4O6S/c1-4-25(16(29)30)14(27)13(15(28)26(5-2)17(31)32)24-23-11-7-12(9(3)6-10(11)19)33-8-18(20,21)22/h6-7,23H,4-5,8H2,1-3H3,(H,29,30)(H,31,32). The highest BCUT2D eigenvalue weighted by Gasteiger charge is 2.34. The molecule has 0 fully saturated rings. The van der Waals surface area contributed by atoms with E-state index in [-0.39, 0.29) is 20.3 Å². The molecule has 1 rings (SSSR count). The topological polar surface area (TPSA) is 140 Å². The van der Waals surface area contributed by atoms with Crippen molar-refractivity contribution >= 4 is 47.2 Å². The molecule has 10 nitrogen and oxygen atoms in total. The summed E-state index contributed by atoms with van der Waals surface area (Å²) in [6, 6.07) is 1.85. The maximum atomic E-state index is 14.3. The van der Waals surface area contributed by atoms with Gasteiger partial charge >= 0.3 is 18.4 Å². The Morgan fingerprint density at radius 1 is 1.03 bits per heavy atom. The second kappa shape index (κ2) is 11.5. The summed E-state index contributed by atoms with van der Waals surface area (Å²) in [7, 11) is 0. The Labute approximate surface area is 189 Å². The third kappa shape index (κ3) is 7.62. The number of thioether (sulfide) groups is 1. The Kier molecular flexibility index (Phi) is 9.63. The molecule has 15 heteroatoms. The molecule has 0 atom stereocenters. The molecule has 0 saturated carbocycles. The molecule has 0 heterocycles. The Bertz CT molecular complexity index is 934. The summed E-state index contributed by atoms with van der Waals surface area (Å²) in [5, 5.41) is 21.7. The Morgan fingerprint density at radius 3 is 1.91 bits per heavy atom. The van der Waals surface area contributed by atoms with Crippen molar-refractivity contribution in [2.24, 2.45) is 5.10 Å². The zero-order chi connectivity index (χ0) is 25.5. The Hall–Kier alpha value is -3.36. The first-order valence-electron chi connectivity index (χ1n) is 9.16. The van der Waals surface area contributed by atoms with Crippen molar-refractivity contribution in [3.05, 3.63) is 23.5 Å². The van der Waals surface area contributed by atoms with Gasteiger partial charge in [-0.2, -0.15) is 18.3 Å². The third-order valence-corrected chi connectivity index (χ3v) is 5.16. The number of rotatable bonds is 8. The predicted octanol–water partition coefficient (Wildman–Crippen LogP) is 3.61. The summed E-state index contributed by atoms with van der Waals surface area (Å²) in [6.07, 6.45) is -8.01. The number of nitrogens with one attached hydrogen (secondary N) is 1. The van der Waals surface area contributed by atoms with E-state index in [1.807, 2.05) is 5.43 Å². The fourth-order valence-electron chi connectivity index (χ4n) is 2.34. The number of carbonyl (C=O) groups excluding carboxylic acids is 2. The highest BCUT2D eigenvalue weighted by molar-refractivity contribution is 7.99. The predicted molar refractivity (Wildman–Crippen MR) is 110 cm³/mol. The van der Waals surface area contributed by atoms with Crippen LogP contribution in [0.15, 0.2) is 22.1 Å². The van der Waals surface area contributed by atoms with Crippen LogP contribution in [-0.2, 0) is 9.59 Å². The van der Waals surface area contributed by atoms with Gasteiger partial charge in [0.05, 0.1) is 11.4 Å². The lowest BCUT2D eigenvalue weighted by molar-refractivity contribution is -0.126. The van der Waals surface area contributed by atoms with Crippen LogP contribution < -0.4 is 5.43 Å². The number of alkyl halides is 3. The number of amides is 4. The SMILES string of the molecule is CCN(C(=O)O)C(=O)C(=NNc1cc(SCC(F)(F)F)c(C)cc1F)C(=O)N(CC)C(=O)O.